The maximum atomic E-state index is 14.1. The summed E-state index contributed by atoms with van der Waals surface area (Å²) in [5, 5.41) is 3.41. The van der Waals surface area contributed by atoms with Crippen LogP contribution in [0.1, 0.15) is 53.2 Å². The van der Waals surface area contributed by atoms with Crippen LogP contribution in [0.5, 0.6) is 0 Å². The van der Waals surface area contributed by atoms with Crippen LogP contribution in [-0.2, 0) is 0 Å². The number of carbonyl (C=O) groups is 1. The average molecular weight is 394 g/mol. The second-order valence-corrected chi connectivity index (χ2v) is 8.38. The van der Waals surface area contributed by atoms with E-state index < -0.39 is 0 Å². The quantitative estimate of drug-likeness (QED) is 0.619. The second kappa shape index (κ2) is 7.99. The van der Waals surface area contributed by atoms with Gasteiger partial charge in [0.25, 0.3) is 5.91 Å². The minimum atomic E-state index is -0.323. The Morgan fingerprint density at radius 3 is 2.55 bits per heavy atom. The largest absolute Gasteiger partial charge is 0.350 e. The zero-order chi connectivity index (χ0) is 20.5. The number of rotatable bonds is 4. The molecule has 1 amide bonds. The first-order chi connectivity index (χ1) is 13.9. The van der Waals surface area contributed by atoms with Gasteiger partial charge >= 0.3 is 0 Å². The first-order valence-corrected chi connectivity index (χ1v) is 10.3. The van der Waals surface area contributed by atoms with Crippen molar-refractivity contribution in [3.05, 3.63) is 65.1 Å². The third-order valence-electron chi connectivity index (χ3n) is 6.24. The van der Waals surface area contributed by atoms with E-state index in [1.54, 1.807) is 12.1 Å². The van der Waals surface area contributed by atoms with Gasteiger partial charge < -0.3 is 15.2 Å². The number of fused-ring (bicyclic) bond motifs is 1. The van der Waals surface area contributed by atoms with Gasteiger partial charge in [-0.25, -0.2) is 4.39 Å². The molecule has 2 N–H and O–H groups in total. The Morgan fingerprint density at radius 2 is 1.86 bits per heavy atom. The van der Waals surface area contributed by atoms with Crippen molar-refractivity contribution in [3.63, 3.8) is 0 Å². The number of benzene rings is 2. The van der Waals surface area contributed by atoms with Crippen LogP contribution in [0, 0.1) is 12.7 Å². The molecule has 1 heterocycles. The van der Waals surface area contributed by atoms with Crippen LogP contribution in [0.2, 0.25) is 0 Å². The Bertz CT molecular complexity index is 993. The van der Waals surface area contributed by atoms with Crippen molar-refractivity contribution in [2.75, 3.05) is 19.4 Å². The molecule has 1 fully saturated rings. The van der Waals surface area contributed by atoms with Crippen molar-refractivity contribution in [3.8, 4) is 0 Å². The lowest BCUT2D eigenvalue weighted by atomic mass is 9.81. The molecule has 0 aliphatic heterocycles. The van der Waals surface area contributed by atoms with Crippen LogP contribution >= 0.6 is 0 Å². The number of aromatic amines is 1. The topological polar surface area (TPSA) is 48.1 Å². The number of aryl methyl sites for hydroxylation is 1. The van der Waals surface area contributed by atoms with E-state index in [-0.39, 0.29) is 11.7 Å². The van der Waals surface area contributed by atoms with Crippen molar-refractivity contribution < 1.29 is 9.18 Å². The van der Waals surface area contributed by atoms with E-state index in [9.17, 15) is 9.18 Å². The number of hydrogen-bond donors (Lipinski definition) is 2. The summed E-state index contributed by atoms with van der Waals surface area (Å²) in [6, 6.07) is 13.5. The van der Waals surface area contributed by atoms with Crippen LogP contribution in [0.4, 0.5) is 10.1 Å². The first kappa shape index (κ1) is 19.6. The third-order valence-corrected chi connectivity index (χ3v) is 6.24. The number of carbonyl (C=O) groups excluding carboxylic acids is 1. The highest BCUT2D eigenvalue weighted by atomic mass is 19.1. The number of aromatic nitrogens is 1. The number of nitrogens with one attached hydrogen (secondary N) is 2. The highest BCUT2D eigenvalue weighted by Crippen LogP contribution is 2.35. The van der Waals surface area contributed by atoms with Gasteiger partial charge in [0.1, 0.15) is 11.5 Å². The van der Waals surface area contributed by atoms with Crippen molar-refractivity contribution in [2.45, 2.75) is 44.6 Å². The lowest BCUT2D eigenvalue weighted by molar-refractivity contribution is 0.102. The summed E-state index contributed by atoms with van der Waals surface area (Å²) in [4.78, 5) is 18.1. The Labute approximate surface area is 171 Å². The summed E-state index contributed by atoms with van der Waals surface area (Å²) in [6.07, 6.45) is 4.74. The Balaban J connectivity index is 1.49. The summed E-state index contributed by atoms with van der Waals surface area (Å²) in [5.41, 5.74) is 4.00. The van der Waals surface area contributed by atoms with E-state index in [2.05, 4.69) is 41.4 Å². The van der Waals surface area contributed by atoms with Gasteiger partial charge in [-0.05, 0) is 88.0 Å². The van der Waals surface area contributed by atoms with E-state index in [1.807, 2.05) is 19.1 Å². The maximum absolute atomic E-state index is 14.1. The molecule has 0 bridgehead atoms. The van der Waals surface area contributed by atoms with Crippen molar-refractivity contribution in [1.29, 1.82) is 0 Å². The fourth-order valence-corrected chi connectivity index (χ4v) is 4.44. The number of anilines is 1. The molecule has 1 saturated carbocycles. The van der Waals surface area contributed by atoms with Crippen molar-refractivity contribution >= 4 is 22.5 Å². The summed E-state index contributed by atoms with van der Waals surface area (Å²) >= 11 is 0. The fourth-order valence-electron chi connectivity index (χ4n) is 4.44. The van der Waals surface area contributed by atoms with Crippen LogP contribution in [0.3, 0.4) is 0 Å². The summed E-state index contributed by atoms with van der Waals surface area (Å²) in [7, 11) is 4.30. The number of nitrogens with zero attached hydrogens (tertiary/aromatic N) is 1. The van der Waals surface area contributed by atoms with Crippen molar-refractivity contribution in [1.82, 2.24) is 9.88 Å². The van der Waals surface area contributed by atoms with Crippen LogP contribution in [0.25, 0.3) is 10.9 Å². The molecule has 2 aromatic carbocycles. The number of halogens is 1. The molecule has 0 radical (unpaired) electrons. The third kappa shape index (κ3) is 4.06. The minimum absolute atomic E-state index is 0.256. The monoisotopic (exact) mass is 393 g/mol. The molecular formula is C24H28FN3O. The molecule has 3 aromatic rings. The van der Waals surface area contributed by atoms with E-state index in [1.165, 1.54) is 37.3 Å². The van der Waals surface area contributed by atoms with Crippen LogP contribution in [-0.4, -0.2) is 35.9 Å². The van der Waals surface area contributed by atoms with E-state index >= 15 is 0 Å². The molecule has 4 nitrogen and oxygen atoms in total. The van der Waals surface area contributed by atoms with E-state index in [4.69, 9.17) is 0 Å². The molecule has 4 rings (SSSR count). The first-order valence-electron chi connectivity index (χ1n) is 10.3. The van der Waals surface area contributed by atoms with Crippen LogP contribution in [0.15, 0.2) is 42.5 Å². The fraction of sp³-hybridized carbons (Fsp3) is 0.375. The van der Waals surface area contributed by atoms with E-state index in [0.29, 0.717) is 28.6 Å². The van der Waals surface area contributed by atoms with Gasteiger partial charge in [0.15, 0.2) is 0 Å². The SMILES string of the molecule is Cc1ccc(F)c2cc(C(=O)Nc3cccc([C@H]4CC[C@@H](N(C)C)CC4)c3)[nH]c12. The molecule has 1 aliphatic rings. The van der Waals surface area contributed by atoms with Gasteiger partial charge in [-0.15, -0.1) is 0 Å². The smallest absolute Gasteiger partial charge is 0.272 e. The maximum Gasteiger partial charge on any atom is 0.272 e. The highest BCUT2D eigenvalue weighted by Gasteiger charge is 2.23. The predicted molar refractivity (Wildman–Crippen MR) is 116 cm³/mol. The summed E-state index contributed by atoms with van der Waals surface area (Å²) < 4.78 is 14.1. The molecule has 152 valence electrons. The van der Waals surface area contributed by atoms with Gasteiger partial charge in [0.05, 0.1) is 5.52 Å². The van der Waals surface area contributed by atoms with Gasteiger partial charge in [-0.3, -0.25) is 4.79 Å². The lowest BCUT2D eigenvalue weighted by Crippen LogP contribution is -2.31. The van der Waals surface area contributed by atoms with E-state index in [0.717, 1.165) is 11.3 Å². The van der Waals surface area contributed by atoms with Gasteiger partial charge in [-0.2, -0.15) is 0 Å². The normalized spacial score (nSPS) is 19.6. The summed E-state index contributed by atoms with van der Waals surface area (Å²) in [5.74, 6) is -0.0439. The Kier molecular flexibility index (Phi) is 5.41. The van der Waals surface area contributed by atoms with Gasteiger partial charge in [0, 0.05) is 17.1 Å². The Hall–Kier alpha value is -2.66. The molecule has 29 heavy (non-hydrogen) atoms. The number of hydrogen-bond acceptors (Lipinski definition) is 2. The Morgan fingerprint density at radius 1 is 1.10 bits per heavy atom. The minimum Gasteiger partial charge on any atom is -0.350 e. The molecule has 1 aromatic heterocycles. The predicted octanol–water partition coefficient (Wildman–Crippen LogP) is 5.46. The average Bonchev–Trinajstić information content (AvgIpc) is 3.18. The van der Waals surface area contributed by atoms with Gasteiger partial charge in [-0.1, -0.05) is 18.2 Å². The molecule has 0 unspecified atom stereocenters. The number of amides is 1. The number of H-pyrrole nitrogens is 1. The second-order valence-electron chi connectivity index (χ2n) is 8.38. The molecule has 0 atom stereocenters. The zero-order valence-corrected chi connectivity index (χ0v) is 17.3. The van der Waals surface area contributed by atoms with Crippen LogP contribution < -0.4 is 5.32 Å². The standard InChI is InChI=1S/C24H28FN3O/c1-15-7-12-21(25)20-14-22(27-23(15)20)24(29)26-18-6-4-5-17(13-18)16-8-10-19(11-9-16)28(2)3/h4-7,12-14,16,19,27H,8-11H2,1-3H3,(H,26,29)/t16-,19+. The lowest BCUT2D eigenvalue weighted by Gasteiger charge is -2.33. The van der Waals surface area contributed by atoms with Gasteiger partial charge in [0.2, 0.25) is 0 Å². The van der Waals surface area contributed by atoms with Crippen molar-refractivity contribution in [2.24, 2.45) is 0 Å². The molecule has 0 saturated heterocycles. The summed E-state index contributed by atoms with van der Waals surface area (Å²) in [6.45, 7) is 1.90. The molecule has 0 spiro atoms. The molecule has 1 aliphatic carbocycles. The zero-order valence-electron chi connectivity index (χ0n) is 17.3. The highest BCUT2D eigenvalue weighted by molar-refractivity contribution is 6.06. The molecule has 5 heteroatoms. The molecular weight excluding hydrogens is 365 g/mol.